The maximum Gasteiger partial charge on any atom is 0.278 e. The van der Waals surface area contributed by atoms with Crippen molar-refractivity contribution in [1.29, 1.82) is 0 Å². The Labute approximate surface area is 203 Å². The summed E-state index contributed by atoms with van der Waals surface area (Å²) in [6.07, 6.45) is 3.53. The van der Waals surface area contributed by atoms with E-state index in [1.54, 1.807) is 4.57 Å². The van der Waals surface area contributed by atoms with Gasteiger partial charge in [0.1, 0.15) is 11.4 Å². The Bertz CT molecular complexity index is 1410. The van der Waals surface area contributed by atoms with E-state index in [4.69, 9.17) is 14.8 Å². The van der Waals surface area contributed by atoms with E-state index in [9.17, 15) is 4.79 Å². The molecule has 0 aliphatic carbocycles. The fourth-order valence-electron chi connectivity index (χ4n) is 4.14. The van der Waals surface area contributed by atoms with Crippen molar-refractivity contribution in [2.45, 2.75) is 19.3 Å². The maximum atomic E-state index is 13.4. The Morgan fingerprint density at radius 3 is 2.17 bits per heavy atom. The Morgan fingerprint density at radius 1 is 0.857 bits per heavy atom. The van der Waals surface area contributed by atoms with Crippen LogP contribution in [-0.2, 0) is 12.8 Å². The minimum absolute atomic E-state index is 0.0997. The lowest BCUT2D eigenvalue weighted by Crippen LogP contribution is -2.17. The number of hydrogen-bond acceptors (Lipinski definition) is 4. The fourth-order valence-corrected chi connectivity index (χ4v) is 4.14. The van der Waals surface area contributed by atoms with Crippen LogP contribution in [0.4, 0.5) is 0 Å². The van der Waals surface area contributed by atoms with Crippen LogP contribution in [0.3, 0.4) is 0 Å². The molecule has 0 radical (unpaired) electrons. The van der Waals surface area contributed by atoms with Crippen LogP contribution >= 0.6 is 0 Å². The Hall–Kier alpha value is -4.16. The summed E-state index contributed by atoms with van der Waals surface area (Å²) in [5.74, 6) is 1.39. The van der Waals surface area contributed by atoms with Crippen molar-refractivity contribution in [3.8, 4) is 22.8 Å². The van der Waals surface area contributed by atoms with Gasteiger partial charge in [-0.05, 0) is 41.0 Å². The third-order valence-electron chi connectivity index (χ3n) is 5.92. The number of benzene rings is 3. The lowest BCUT2D eigenvalue weighted by molar-refractivity contribution is 0.233. The molecular weight excluding hydrogens is 438 g/mol. The first-order valence-electron chi connectivity index (χ1n) is 11.8. The number of imidazole rings is 1. The van der Waals surface area contributed by atoms with Gasteiger partial charge < -0.3 is 14.8 Å². The number of aliphatic hydroxyl groups is 1. The third-order valence-corrected chi connectivity index (χ3v) is 5.92. The van der Waals surface area contributed by atoms with Gasteiger partial charge in [0.05, 0.1) is 18.0 Å². The second-order valence-electron chi connectivity index (χ2n) is 8.48. The number of nitrogens with zero attached hydrogens (tertiary/aromatic N) is 2. The van der Waals surface area contributed by atoms with E-state index in [-0.39, 0.29) is 12.2 Å². The van der Waals surface area contributed by atoms with E-state index in [0.29, 0.717) is 37.4 Å². The molecular formula is C29H27N3O3. The monoisotopic (exact) mass is 465 g/mol. The van der Waals surface area contributed by atoms with Crippen LogP contribution in [0.1, 0.15) is 28.9 Å². The van der Waals surface area contributed by atoms with Crippen LogP contribution in [-0.4, -0.2) is 32.9 Å². The molecule has 2 aliphatic heterocycles. The van der Waals surface area contributed by atoms with Gasteiger partial charge in [-0.1, -0.05) is 60.7 Å². The zero-order chi connectivity index (χ0) is 24.0. The topological polar surface area (TPSA) is 80.1 Å². The lowest BCUT2D eigenvalue weighted by atomic mass is 10.1. The molecule has 5 rings (SSSR count). The van der Waals surface area contributed by atoms with E-state index < -0.39 is 0 Å². The fraction of sp³-hybridized carbons (Fsp3) is 0.172. The second kappa shape index (κ2) is 10.4. The molecule has 0 bridgehead atoms. The van der Waals surface area contributed by atoms with Crippen LogP contribution in [0.25, 0.3) is 17.1 Å². The molecule has 3 aromatic carbocycles. The highest BCUT2D eigenvalue weighted by Gasteiger charge is 2.20. The summed E-state index contributed by atoms with van der Waals surface area (Å²) in [7, 11) is 0. The van der Waals surface area contributed by atoms with Gasteiger partial charge >= 0.3 is 0 Å². The normalized spacial score (nSPS) is 11.1. The molecule has 35 heavy (non-hydrogen) atoms. The Balaban J connectivity index is 1.54. The van der Waals surface area contributed by atoms with Crippen LogP contribution < -0.4 is 10.3 Å². The Morgan fingerprint density at radius 2 is 1.51 bits per heavy atom. The molecule has 6 heteroatoms. The molecule has 2 heterocycles. The molecule has 0 spiro atoms. The summed E-state index contributed by atoms with van der Waals surface area (Å²) in [4.78, 5) is 21.7. The SMILES string of the molecule is O=c1c(Cc2ccccc2)nc2c(Cc3ccccc3)[nH]c(-c3ccc(OCCCO)cc3)cn1-2. The summed E-state index contributed by atoms with van der Waals surface area (Å²) in [5, 5.41) is 8.94. The predicted octanol–water partition coefficient (Wildman–Crippen LogP) is 4.61. The number of aliphatic hydroxyl groups excluding tert-OH is 1. The van der Waals surface area contributed by atoms with E-state index in [1.807, 2.05) is 79.0 Å². The highest BCUT2D eigenvalue weighted by molar-refractivity contribution is 5.61. The molecule has 0 amide bonds. The van der Waals surface area contributed by atoms with Crippen molar-refractivity contribution in [3.05, 3.63) is 124 Å². The number of ether oxygens (including phenoxy) is 1. The van der Waals surface area contributed by atoms with Gasteiger partial charge in [0.25, 0.3) is 5.56 Å². The zero-order valence-electron chi connectivity index (χ0n) is 19.4. The first kappa shape index (κ1) is 22.6. The number of aromatic nitrogens is 3. The van der Waals surface area contributed by atoms with Crippen LogP contribution in [0.15, 0.2) is 95.9 Å². The number of nitrogens with one attached hydrogen (secondary N) is 1. The number of fused-ring (bicyclic) bond motifs is 1. The number of rotatable bonds is 9. The molecule has 0 fully saturated rings. The average Bonchev–Trinajstić information content (AvgIpc) is 3.21. The summed E-state index contributed by atoms with van der Waals surface area (Å²) >= 11 is 0. The Kier molecular flexibility index (Phi) is 6.73. The van der Waals surface area contributed by atoms with E-state index in [2.05, 4.69) is 17.1 Å². The van der Waals surface area contributed by atoms with Crippen LogP contribution in [0.5, 0.6) is 5.75 Å². The molecule has 6 nitrogen and oxygen atoms in total. The smallest absolute Gasteiger partial charge is 0.278 e. The molecule has 3 aromatic rings. The molecule has 2 aliphatic rings. The van der Waals surface area contributed by atoms with Crippen LogP contribution in [0, 0.1) is 0 Å². The molecule has 0 atom stereocenters. The van der Waals surface area contributed by atoms with Gasteiger partial charge in [-0.25, -0.2) is 4.98 Å². The lowest BCUT2D eigenvalue weighted by Gasteiger charge is -2.14. The molecule has 2 N–H and O–H groups in total. The number of H-pyrrole nitrogens is 1. The van der Waals surface area contributed by atoms with Gasteiger partial charge in [0.15, 0.2) is 5.82 Å². The minimum Gasteiger partial charge on any atom is -0.494 e. The van der Waals surface area contributed by atoms with Crippen molar-refractivity contribution < 1.29 is 9.84 Å². The maximum absolute atomic E-state index is 13.4. The quantitative estimate of drug-likeness (QED) is 0.312. The van der Waals surface area contributed by atoms with Crippen molar-refractivity contribution in [3.63, 3.8) is 0 Å². The summed E-state index contributed by atoms with van der Waals surface area (Å²) < 4.78 is 7.31. The average molecular weight is 466 g/mol. The first-order valence-corrected chi connectivity index (χ1v) is 11.8. The molecule has 0 unspecified atom stereocenters. The zero-order valence-corrected chi connectivity index (χ0v) is 19.4. The first-order chi connectivity index (χ1) is 17.2. The van der Waals surface area contributed by atoms with E-state index in [0.717, 1.165) is 33.8 Å². The van der Waals surface area contributed by atoms with E-state index >= 15 is 0 Å². The van der Waals surface area contributed by atoms with Crippen LogP contribution in [0.2, 0.25) is 0 Å². The van der Waals surface area contributed by atoms with Gasteiger partial charge in [-0.15, -0.1) is 0 Å². The predicted molar refractivity (Wildman–Crippen MR) is 137 cm³/mol. The molecule has 176 valence electrons. The van der Waals surface area contributed by atoms with Gasteiger partial charge in [0.2, 0.25) is 0 Å². The van der Waals surface area contributed by atoms with Gasteiger partial charge in [0, 0.05) is 32.1 Å². The number of hydrogen-bond donors (Lipinski definition) is 2. The number of aromatic amines is 1. The molecule has 0 aromatic heterocycles. The second-order valence-corrected chi connectivity index (χ2v) is 8.48. The molecule has 0 saturated heterocycles. The summed E-state index contributed by atoms with van der Waals surface area (Å²) in [6, 6.07) is 27.8. The molecule has 0 saturated carbocycles. The highest BCUT2D eigenvalue weighted by Crippen LogP contribution is 2.25. The van der Waals surface area contributed by atoms with E-state index in [1.165, 1.54) is 0 Å². The standard InChI is InChI=1S/C29H27N3O3/c33-16-7-17-35-24-14-12-23(13-15-24)27-20-32-28(25(30-27)18-21-8-3-1-4-9-21)31-26(29(32)34)19-22-10-5-2-6-11-22/h1-6,8-15,20,30,33H,7,16-19H2. The summed E-state index contributed by atoms with van der Waals surface area (Å²) in [5.41, 5.74) is 5.27. The third kappa shape index (κ3) is 5.18. The van der Waals surface area contributed by atoms with Crippen molar-refractivity contribution in [1.82, 2.24) is 14.5 Å². The summed E-state index contributed by atoms with van der Waals surface area (Å²) in [6.45, 7) is 0.569. The van der Waals surface area contributed by atoms with Gasteiger partial charge in [-0.2, -0.15) is 0 Å². The largest absolute Gasteiger partial charge is 0.494 e. The van der Waals surface area contributed by atoms with Crippen molar-refractivity contribution >= 4 is 0 Å². The minimum atomic E-state index is -0.0997. The van der Waals surface area contributed by atoms with Crippen molar-refractivity contribution in [2.24, 2.45) is 0 Å². The van der Waals surface area contributed by atoms with Gasteiger partial charge in [-0.3, -0.25) is 9.36 Å². The van der Waals surface area contributed by atoms with Crippen molar-refractivity contribution in [2.75, 3.05) is 13.2 Å². The highest BCUT2D eigenvalue weighted by atomic mass is 16.5.